The summed E-state index contributed by atoms with van der Waals surface area (Å²) < 4.78 is 6.60. The van der Waals surface area contributed by atoms with E-state index in [0.29, 0.717) is 17.9 Å². The molecule has 0 unspecified atom stereocenters. The van der Waals surface area contributed by atoms with Crippen molar-refractivity contribution < 1.29 is 9.53 Å². The molecule has 3 aromatic rings. The van der Waals surface area contributed by atoms with Crippen molar-refractivity contribution in [2.75, 3.05) is 6.61 Å². The molecule has 1 aromatic carbocycles. The summed E-state index contributed by atoms with van der Waals surface area (Å²) in [6, 6.07) is 9.92. The maximum absolute atomic E-state index is 11.9. The Morgan fingerprint density at radius 2 is 1.91 bits per heavy atom. The molecule has 0 atom stereocenters. The number of hydrogen-bond donors (Lipinski definition) is 0. The SMILES string of the molecule is CCOC(=O)c1nnc2cc(-c3ccc(C)cc3)nn2c1C. The zero-order valence-corrected chi connectivity index (χ0v) is 12.7. The Kier molecular flexibility index (Phi) is 3.58. The molecule has 0 saturated heterocycles. The molecule has 0 aliphatic heterocycles. The first-order chi connectivity index (χ1) is 10.6. The molecule has 22 heavy (non-hydrogen) atoms. The van der Waals surface area contributed by atoms with Gasteiger partial charge in [-0.25, -0.2) is 9.31 Å². The highest BCUT2D eigenvalue weighted by Crippen LogP contribution is 2.20. The third kappa shape index (κ3) is 2.43. The molecular weight excluding hydrogens is 280 g/mol. The van der Waals surface area contributed by atoms with Crippen LogP contribution >= 0.6 is 0 Å². The zero-order valence-electron chi connectivity index (χ0n) is 12.7. The minimum absolute atomic E-state index is 0.188. The summed E-state index contributed by atoms with van der Waals surface area (Å²) in [6.07, 6.45) is 0. The molecule has 0 saturated carbocycles. The molecule has 0 N–H and O–H groups in total. The van der Waals surface area contributed by atoms with E-state index in [9.17, 15) is 4.79 Å². The van der Waals surface area contributed by atoms with Gasteiger partial charge in [-0.2, -0.15) is 5.10 Å². The predicted octanol–water partition coefficient (Wildman–Crippen LogP) is 2.58. The molecule has 0 amide bonds. The number of nitrogens with zero attached hydrogens (tertiary/aromatic N) is 4. The van der Waals surface area contributed by atoms with Crippen molar-refractivity contribution in [2.24, 2.45) is 0 Å². The molecule has 0 spiro atoms. The van der Waals surface area contributed by atoms with E-state index in [1.807, 2.05) is 37.3 Å². The normalized spacial score (nSPS) is 10.9. The second-order valence-electron chi connectivity index (χ2n) is 5.02. The van der Waals surface area contributed by atoms with E-state index in [0.717, 1.165) is 11.3 Å². The quantitative estimate of drug-likeness (QED) is 0.695. The Balaban J connectivity index is 2.08. The van der Waals surface area contributed by atoms with Crippen LogP contribution in [0.15, 0.2) is 30.3 Å². The van der Waals surface area contributed by atoms with Gasteiger partial charge in [0, 0.05) is 11.6 Å². The Bertz CT molecular complexity index is 837. The van der Waals surface area contributed by atoms with E-state index in [1.165, 1.54) is 5.56 Å². The molecule has 2 heterocycles. The van der Waals surface area contributed by atoms with Crippen LogP contribution in [-0.4, -0.2) is 32.4 Å². The van der Waals surface area contributed by atoms with E-state index in [2.05, 4.69) is 15.3 Å². The number of carbonyl (C=O) groups excluding carboxylic acids is 1. The Labute approximate surface area is 127 Å². The monoisotopic (exact) mass is 296 g/mol. The van der Waals surface area contributed by atoms with Gasteiger partial charge in [-0.05, 0) is 20.8 Å². The van der Waals surface area contributed by atoms with Crippen LogP contribution in [0.4, 0.5) is 0 Å². The van der Waals surface area contributed by atoms with Crippen LogP contribution < -0.4 is 0 Å². The Morgan fingerprint density at radius 1 is 1.18 bits per heavy atom. The molecule has 112 valence electrons. The van der Waals surface area contributed by atoms with Crippen LogP contribution in [0.25, 0.3) is 16.9 Å². The lowest BCUT2D eigenvalue weighted by Crippen LogP contribution is -2.14. The van der Waals surface area contributed by atoms with E-state index in [-0.39, 0.29) is 5.69 Å². The average molecular weight is 296 g/mol. The highest BCUT2D eigenvalue weighted by atomic mass is 16.5. The number of aryl methyl sites for hydroxylation is 2. The van der Waals surface area contributed by atoms with Crippen LogP contribution in [0.3, 0.4) is 0 Å². The molecule has 0 radical (unpaired) electrons. The molecule has 3 rings (SSSR count). The van der Waals surface area contributed by atoms with Gasteiger partial charge in [-0.1, -0.05) is 29.8 Å². The van der Waals surface area contributed by atoms with Gasteiger partial charge in [-0.15, -0.1) is 10.2 Å². The van der Waals surface area contributed by atoms with E-state index < -0.39 is 5.97 Å². The summed E-state index contributed by atoms with van der Waals surface area (Å²) in [7, 11) is 0. The van der Waals surface area contributed by atoms with E-state index in [4.69, 9.17) is 4.74 Å². The predicted molar refractivity (Wildman–Crippen MR) is 81.6 cm³/mol. The summed E-state index contributed by atoms with van der Waals surface area (Å²) in [4.78, 5) is 11.9. The summed E-state index contributed by atoms with van der Waals surface area (Å²) in [5.74, 6) is -0.484. The highest BCUT2D eigenvalue weighted by molar-refractivity contribution is 5.88. The first-order valence-electron chi connectivity index (χ1n) is 7.07. The maximum Gasteiger partial charge on any atom is 0.360 e. The number of benzene rings is 1. The zero-order chi connectivity index (χ0) is 15.7. The Morgan fingerprint density at radius 3 is 2.59 bits per heavy atom. The lowest BCUT2D eigenvalue weighted by Gasteiger charge is -2.04. The summed E-state index contributed by atoms with van der Waals surface area (Å²) in [6.45, 7) is 5.86. The fraction of sp³-hybridized carbons (Fsp3) is 0.250. The minimum Gasteiger partial charge on any atom is -0.461 e. The van der Waals surface area contributed by atoms with Crippen molar-refractivity contribution in [3.8, 4) is 11.3 Å². The first kappa shape index (κ1) is 14.2. The van der Waals surface area contributed by atoms with Crippen LogP contribution in [0.5, 0.6) is 0 Å². The van der Waals surface area contributed by atoms with Gasteiger partial charge >= 0.3 is 5.97 Å². The number of fused-ring (bicyclic) bond motifs is 1. The minimum atomic E-state index is -0.484. The van der Waals surface area contributed by atoms with Crippen molar-refractivity contribution in [3.63, 3.8) is 0 Å². The van der Waals surface area contributed by atoms with Crippen molar-refractivity contribution >= 4 is 11.6 Å². The van der Waals surface area contributed by atoms with Crippen molar-refractivity contribution in [2.45, 2.75) is 20.8 Å². The topological polar surface area (TPSA) is 69.4 Å². The van der Waals surface area contributed by atoms with Gasteiger partial charge in [0.25, 0.3) is 0 Å². The number of esters is 1. The second-order valence-corrected chi connectivity index (χ2v) is 5.02. The molecule has 6 heteroatoms. The fourth-order valence-corrected chi connectivity index (χ4v) is 2.22. The number of carbonyl (C=O) groups is 1. The smallest absolute Gasteiger partial charge is 0.360 e. The summed E-state index contributed by atoms with van der Waals surface area (Å²) in [5.41, 5.74) is 4.37. The second kappa shape index (κ2) is 5.55. The number of hydrogen-bond acceptors (Lipinski definition) is 5. The molecule has 0 fully saturated rings. The summed E-state index contributed by atoms with van der Waals surface area (Å²) >= 11 is 0. The van der Waals surface area contributed by atoms with Gasteiger partial charge in [0.1, 0.15) is 0 Å². The molecule has 0 aliphatic rings. The molecule has 2 aromatic heterocycles. The largest absolute Gasteiger partial charge is 0.461 e. The van der Waals surface area contributed by atoms with E-state index in [1.54, 1.807) is 18.4 Å². The summed E-state index contributed by atoms with van der Waals surface area (Å²) in [5, 5.41) is 12.5. The maximum atomic E-state index is 11.9. The van der Waals surface area contributed by atoms with Gasteiger partial charge in [0.15, 0.2) is 11.3 Å². The van der Waals surface area contributed by atoms with Crippen LogP contribution in [0, 0.1) is 13.8 Å². The third-order valence-electron chi connectivity index (χ3n) is 3.42. The third-order valence-corrected chi connectivity index (χ3v) is 3.42. The van der Waals surface area contributed by atoms with Crippen LogP contribution in [-0.2, 0) is 4.74 Å². The standard InChI is InChI=1S/C16H16N4O2/c1-4-22-16(21)15-11(3)20-14(17-18-15)9-13(19-20)12-7-5-10(2)6-8-12/h5-9H,4H2,1-3H3. The number of ether oxygens (including phenoxy) is 1. The van der Waals surface area contributed by atoms with Gasteiger partial charge < -0.3 is 4.74 Å². The van der Waals surface area contributed by atoms with Crippen molar-refractivity contribution in [3.05, 3.63) is 47.3 Å². The lowest BCUT2D eigenvalue weighted by atomic mass is 10.1. The highest BCUT2D eigenvalue weighted by Gasteiger charge is 2.17. The van der Waals surface area contributed by atoms with Crippen molar-refractivity contribution in [1.29, 1.82) is 0 Å². The van der Waals surface area contributed by atoms with Gasteiger partial charge in [0.2, 0.25) is 0 Å². The van der Waals surface area contributed by atoms with Crippen LogP contribution in [0.2, 0.25) is 0 Å². The number of rotatable bonds is 3. The molecular formula is C16H16N4O2. The van der Waals surface area contributed by atoms with Gasteiger partial charge in [-0.3, -0.25) is 0 Å². The molecule has 0 bridgehead atoms. The average Bonchev–Trinajstić information content (AvgIpc) is 2.93. The molecule has 0 aliphatic carbocycles. The first-order valence-corrected chi connectivity index (χ1v) is 7.07. The van der Waals surface area contributed by atoms with Gasteiger partial charge in [0.05, 0.1) is 18.0 Å². The number of aromatic nitrogens is 4. The van der Waals surface area contributed by atoms with Crippen molar-refractivity contribution in [1.82, 2.24) is 19.8 Å². The van der Waals surface area contributed by atoms with E-state index >= 15 is 0 Å². The van der Waals surface area contributed by atoms with Crippen LogP contribution in [0.1, 0.15) is 28.7 Å². The Hall–Kier alpha value is -2.76. The molecule has 6 nitrogen and oxygen atoms in total. The lowest BCUT2D eigenvalue weighted by molar-refractivity contribution is 0.0516. The fourth-order valence-electron chi connectivity index (χ4n) is 2.22.